The van der Waals surface area contributed by atoms with Crippen LogP contribution in [0.3, 0.4) is 0 Å². The summed E-state index contributed by atoms with van der Waals surface area (Å²) >= 11 is 1.74. The van der Waals surface area contributed by atoms with Gasteiger partial charge >= 0.3 is 6.03 Å². The second-order valence-electron chi connectivity index (χ2n) is 5.93. The van der Waals surface area contributed by atoms with Crippen molar-refractivity contribution in [1.29, 1.82) is 0 Å². The van der Waals surface area contributed by atoms with Gasteiger partial charge in [0, 0.05) is 16.3 Å². The molecule has 1 aliphatic carbocycles. The van der Waals surface area contributed by atoms with Gasteiger partial charge in [-0.2, -0.15) is 0 Å². The van der Waals surface area contributed by atoms with Crippen LogP contribution in [0.25, 0.3) is 0 Å². The standard InChI is InChI=1S/C15H22N2O2S/c1-11-4-5-13(20-11)12(2)16-14(18)17-8-9-19-15(10-17)6-3-7-15/h4-5,12H,3,6-10H2,1-2H3,(H,16,18)/t12-/m0/s1. The smallest absolute Gasteiger partial charge is 0.318 e. The molecule has 1 saturated carbocycles. The lowest BCUT2D eigenvalue weighted by atomic mass is 9.79. The molecule has 0 unspecified atom stereocenters. The minimum Gasteiger partial charge on any atom is -0.371 e. The average molecular weight is 294 g/mol. The van der Waals surface area contributed by atoms with E-state index in [0.717, 1.165) is 19.4 Å². The summed E-state index contributed by atoms with van der Waals surface area (Å²) in [4.78, 5) is 16.8. The molecule has 2 aliphatic rings. The summed E-state index contributed by atoms with van der Waals surface area (Å²) in [5.41, 5.74) is -0.0294. The van der Waals surface area contributed by atoms with Gasteiger partial charge in [-0.1, -0.05) is 0 Å². The fraction of sp³-hybridized carbons (Fsp3) is 0.667. The first-order chi connectivity index (χ1) is 9.58. The van der Waals surface area contributed by atoms with E-state index in [1.807, 2.05) is 11.8 Å². The van der Waals surface area contributed by atoms with Gasteiger partial charge in [-0.15, -0.1) is 11.3 Å². The highest BCUT2D eigenvalue weighted by molar-refractivity contribution is 7.12. The molecule has 1 aromatic rings. The van der Waals surface area contributed by atoms with E-state index in [1.165, 1.54) is 16.2 Å². The van der Waals surface area contributed by atoms with Gasteiger partial charge in [-0.05, 0) is 45.2 Å². The number of hydrogen-bond donors (Lipinski definition) is 1. The van der Waals surface area contributed by atoms with Crippen molar-refractivity contribution in [2.75, 3.05) is 19.7 Å². The van der Waals surface area contributed by atoms with Crippen LogP contribution in [0.1, 0.15) is 42.0 Å². The Kier molecular flexibility index (Phi) is 3.73. The topological polar surface area (TPSA) is 41.6 Å². The second-order valence-corrected chi connectivity index (χ2v) is 7.25. The summed E-state index contributed by atoms with van der Waals surface area (Å²) in [7, 11) is 0. The van der Waals surface area contributed by atoms with E-state index in [9.17, 15) is 4.79 Å². The van der Waals surface area contributed by atoms with Crippen molar-refractivity contribution in [3.63, 3.8) is 0 Å². The van der Waals surface area contributed by atoms with Crippen LogP contribution in [0, 0.1) is 6.92 Å². The number of aryl methyl sites for hydroxylation is 1. The van der Waals surface area contributed by atoms with Gasteiger partial charge in [0.25, 0.3) is 0 Å². The maximum Gasteiger partial charge on any atom is 0.318 e. The van der Waals surface area contributed by atoms with Gasteiger partial charge in [-0.25, -0.2) is 4.79 Å². The van der Waals surface area contributed by atoms with Gasteiger partial charge in [0.1, 0.15) is 0 Å². The fourth-order valence-corrected chi connectivity index (χ4v) is 3.81. The fourth-order valence-electron chi connectivity index (χ4n) is 2.93. The summed E-state index contributed by atoms with van der Waals surface area (Å²) < 4.78 is 5.86. The van der Waals surface area contributed by atoms with Crippen LogP contribution in [0.5, 0.6) is 0 Å². The normalized spacial score (nSPS) is 22.4. The maximum atomic E-state index is 12.4. The second kappa shape index (κ2) is 5.37. The molecule has 20 heavy (non-hydrogen) atoms. The van der Waals surface area contributed by atoms with Crippen molar-refractivity contribution in [1.82, 2.24) is 10.2 Å². The summed E-state index contributed by atoms with van der Waals surface area (Å²) in [6, 6.07) is 4.30. The number of carbonyl (C=O) groups excluding carboxylic acids is 1. The van der Waals surface area contributed by atoms with Crippen molar-refractivity contribution in [3.8, 4) is 0 Å². The van der Waals surface area contributed by atoms with Crippen molar-refractivity contribution < 1.29 is 9.53 Å². The summed E-state index contributed by atoms with van der Waals surface area (Å²) in [5.74, 6) is 0. The number of thiophene rings is 1. The third-order valence-corrected chi connectivity index (χ3v) is 5.51. The Bertz CT molecular complexity index is 496. The number of nitrogens with one attached hydrogen (secondary N) is 1. The molecule has 3 rings (SSSR count). The molecule has 5 heteroatoms. The number of amides is 2. The Balaban J connectivity index is 1.58. The predicted octanol–water partition coefficient (Wildman–Crippen LogP) is 3.08. The van der Waals surface area contributed by atoms with E-state index in [1.54, 1.807) is 11.3 Å². The summed E-state index contributed by atoms with van der Waals surface area (Å²) in [6.45, 7) is 6.24. The lowest BCUT2D eigenvalue weighted by Gasteiger charge is -2.48. The number of rotatable bonds is 2. The van der Waals surface area contributed by atoms with Crippen molar-refractivity contribution in [2.24, 2.45) is 0 Å². The SMILES string of the molecule is Cc1ccc([C@H](C)NC(=O)N2CCOC3(CCC3)C2)s1. The lowest BCUT2D eigenvalue weighted by molar-refractivity contribution is -0.141. The predicted molar refractivity (Wildman–Crippen MR) is 80.1 cm³/mol. The molecule has 4 nitrogen and oxygen atoms in total. The van der Waals surface area contributed by atoms with Gasteiger partial charge < -0.3 is 15.0 Å². The number of ether oxygens (including phenoxy) is 1. The van der Waals surface area contributed by atoms with Crippen LogP contribution in [0.2, 0.25) is 0 Å². The molecule has 1 saturated heterocycles. The van der Waals surface area contributed by atoms with Gasteiger partial charge in [0.2, 0.25) is 0 Å². The summed E-state index contributed by atoms with van der Waals surface area (Å²) in [6.07, 6.45) is 3.41. The Morgan fingerprint density at radius 2 is 2.30 bits per heavy atom. The number of nitrogens with zero attached hydrogens (tertiary/aromatic N) is 1. The highest BCUT2D eigenvalue weighted by atomic mass is 32.1. The van der Waals surface area contributed by atoms with Crippen molar-refractivity contribution >= 4 is 17.4 Å². The van der Waals surface area contributed by atoms with Crippen LogP contribution in [-0.4, -0.2) is 36.2 Å². The zero-order valence-electron chi connectivity index (χ0n) is 12.1. The average Bonchev–Trinajstić information content (AvgIpc) is 2.84. The molecular formula is C15H22N2O2S. The molecule has 1 N–H and O–H groups in total. The number of carbonyl (C=O) groups is 1. The molecule has 2 fully saturated rings. The molecule has 2 heterocycles. The van der Waals surface area contributed by atoms with Gasteiger partial charge in [0.05, 0.1) is 24.8 Å². The first-order valence-electron chi connectivity index (χ1n) is 7.34. The Morgan fingerprint density at radius 1 is 1.50 bits per heavy atom. The largest absolute Gasteiger partial charge is 0.371 e. The minimum absolute atomic E-state index is 0.0294. The number of urea groups is 1. The van der Waals surface area contributed by atoms with E-state index in [0.29, 0.717) is 13.2 Å². The monoisotopic (exact) mass is 294 g/mol. The number of hydrogen-bond acceptors (Lipinski definition) is 3. The van der Waals surface area contributed by atoms with E-state index in [2.05, 4.69) is 24.4 Å². The van der Waals surface area contributed by atoms with E-state index < -0.39 is 0 Å². The van der Waals surface area contributed by atoms with E-state index in [4.69, 9.17) is 4.74 Å². The van der Waals surface area contributed by atoms with Crippen LogP contribution < -0.4 is 5.32 Å². The highest BCUT2D eigenvalue weighted by Crippen LogP contribution is 2.38. The zero-order chi connectivity index (χ0) is 14.2. The molecular weight excluding hydrogens is 272 g/mol. The van der Waals surface area contributed by atoms with Crippen LogP contribution in [0.4, 0.5) is 4.79 Å². The minimum atomic E-state index is -0.0294. The third kappa shape index (κ3) is 2.69. The van der Waals surface area contributed by atoms with Crippen LogP contribution in [-0.2, 0) is 4.74 Å². The first kappa shape index (κ1) is 13.9. The van der Waals surface area contributed by atoms with Crippen molar-refractivity contribution in [2.45, 2.75) is 44.8 Å². The zero-order valence-corrected chi connectivity index (χ0v) is 13.0. The molecule has 1 atom stereocenters. The quantitative estimate of drug-likeness (QED) is 0.910. The molecule has 1 aromatic heterocycles. The molecule has 0 radical (unpaired) electrons. The molecule has 2 amide bonds. The highest BCUT2D eigenvalue weighted by Gasteiger charge is 2.43. The molecule has 0 aromatic carbocycles. The molecule has 1 aliphatic heterocycles. The number of morpholine rings is 1. The summed E-state index contributed by atoms with van der Waals surface area (Å²) in [5, 5.41) is 3.11. The third-order valence-electron chi connectivity index (χ3n) is 4.33. The Labute approximate surface area is 124 Å². The van der Waals surface area contributed by atoms with Crippen molar-refractivity contribution in [3.05, 3.63) is 21.9 Å². The van der Waals surface area contributed by atoms with E-state index in [-0.39, 0.29) is 17.7 Å². The van der Waals surface area contributed by atoms with Gasteiger partial charge in [-0.3, -0.25) is 0 Å². The van der Waals surface area contributed by atoms with Crippen LogP contribution >= 0.6 is 11.3 Å². The molecule has 1 spiro atoms. The van der Waals surface area contributed by atoms with E-state index >= 15 is 0 Å². The molecule has 0 bridgehead atoms. The first-order valence-corrected chi connectivity index (χ1v) is 8.15. The Morgan fingerprint density at radius 3 is 2.90 bits per heavy atom. The Hall–Kier alpha value is -1.07. The maximum absolute atomic E-state index is 12.4. The van der Waals surface area contributed by atoms with Gasteiger partial charge in [0.15, 0.2) is 0 Å². The lowest BCUT2D eigenvalue weighted by Crippen LogP contribution is -2.58. The molecule has 110 valence electrons. The van der Waals surface area contributed by atoms with Crippen LogP contribution in [0.15, 0.2) is 12.1 Å².